The number of methoxy groups -OCH3 is 1. The normalized spacial score (nSPS) is 12.6. The standard InChI is InChI=1S/C15H18N6O2/c1-9-17-14-10-5-3-4-6-11(10)18-15(21(14)20-9)19-12(13(16)22)7-8-23-2/h3-6,12H,7-8H2,1-2H3,(H2,16,22)(H,18,19). The predicted octanol–water partition coefficient (Wildman–Crippen LogP) is 0.888. The molecule has 1 aromatic carbocycles. The van der Waals surface area contributed by atoms with Crippen molar-refractivity contribution >= 4 is 28.4 Å². The molecule has 23 heavy (non-hydrogen) atoms. The molecule has 0 radical (unpaired) electrons. The number of carbonyl (C=O) groups is 1. The van der Waals surface area contributed by atoms with Gasteiger partial charge in [-0.05, 0) is 25.5 Å². The van der Waals surface area contributed by atoms with Gasteiger partial charge >= 0.3 is 0 Å². The van der Waals surface area contributed by atoms with E-state index < -0.39 is 11.9 Å². The number of aromatic nitrogens is 4. The van der Waals surface area contributed by atoms with E-state index in [0.717, 1.165) is 10.9 Å². The van der Waals surface area contributed by atoms with Gasteiger partial charge in [0.25, 0.3) is 0 Å². The summed E-state index contributed by atoms with van der Waals surface area (Å²) in [6.07, 6.45) is 0.440. The topological polar surface area (TPSA) is 107 Å². The number of carbonyl (C=O) groups excluding carboxylic acids is 1. The molecular formula is C15H18N6O2. The summed E-state index contributed by atoms with van der Waals surface area (Å²) >= 11 is 0. The zero-order valence-corrected chi connectivity index (χ0v) is 13.0. The van der Waals surface area contributed by atoms with Crippen LogP contribution < -0.4 is 11.1 Å². The van der Waals surface area contributed by atoms with Crippen LogP contribution in [-0.4, -0.2) is 45.2 Å². The molecule has 0 aliphatic rings. The van der Waals surface area contributed by atoms with Gasteiger partial charge < -0.3 is 15.8 Å². The Balaban J connectivity index is 2.09. The minimum atomic E-state index is -0.601. The molecule has 3 rings (SSSR count). The van der Waals surface area contributed by atoms with Gasteiger partial charge in [-0.15, -0.1) is 5.10 Å². The van der Waals surface area contributed by atoms with Crippen molar-refractivity contribution < 1.29 is 9.53 Å². The van der Waals surface area contributed by atoms with Crippen molar-refractivity contribution in [1.82, 2.24) is 19.6 Å². The average molecular weight is 314 g/mol. The number of fused-ring (bicyclic) bond motifs is 3. The molecule has 3 aromatic rings. The largest absolute Gasteiger partial charge is 0.385 e. The lowest BCUT2D eigenvalue weighted by molar-refractivity contribution is -0.119. The number of para-hydroxylation sites is 1. The van der Waals surface area contributed by atoms with Crippen LogP contribution in [0.4, 0.5) is 5.95 Å². The first kappa shape index (κ1) is 15.2. The average Bonchev–Trinajstić information content (AvgIpc) is 2.93. The van der Waals surface area contributed by atoms with Crippen LogP contribution in [0.3, 0.4) is 0 Å². The number of primary amides is 1. The Morgan fingerprint density at radius 1 is 1.39 bits per heavy atom. The highest BCUT2D eigenvalue weighted by molar-refractivity contribution is 5.92. The van der Waals surface area contributed by atoms with Crippen molar-refractivity contribution in [3.63, 3.8) is 0 Å². The van der Waals surface area contributed by atoms with E-state index in [4.69, 9.17) is 10.5 Å². The number of nitrogens with two attached hydrogens (primary N) is 1. The van der Waals surface area contributed by atoms with Crippen LogP contribution in [0.15, 0.2) is 24.3 Å². The predicted molar refractivity (Wildman–Crippen MR) is 86.1 cm³/mol. The van der Waals surface area contributed by atoms with Crippen molar-refractivity contribution in [3.05, 3.63) is 30.1 Å². The Bertz CT molecular complexity index is 860. The SMILES string of the molecule is COCCC(Nc1nc2ccccc2c2nc(C)nn12)C(N)=O. The van der Waals surface area contributed by atoms with Gasteiger partial charge in [0.15, 0.2) is 5.65 Å². The van der Waals surface area contributed by atoms with Crippen molar-refractivity contribution in [3.8, 4) is 0 Å². The van der Waals surface area contributed by atoms with Gasteiger partial charge in [0.2, 0.25) is 11.9 Å². The minimum Gasteiger partial charge on any atom is -0.385 e. The third-order valence-corrected chi connectivity index (χ3v) is 3.54. The second-order valence-electron chi connectivity index (χ2n) is 5.23. The number of anilines is 1. The third-order valence-electron chi connectivity index (χ3n) is 3.54. The van der Waals surface area contributed by atoms with E-state index in [1.807, 2.05) is 31.2 Å². The summed E-state index contributed by atoms with van der Waals surface area (Å²) in [5.74, 6) is 0.583. The molecule has 1 unspecified atom stereocenters. The molecule has 1 atom stereocenters. The molecule has 2 heterocycles. The van der Waals surface area contributed by atoms with Crippen LogP contribution >= 0.6 is 0 Å². The monoisotopic (exact) mass is 314 g/mol. The number of amides is 1. The summed E-state index contributed by atoms with van der Waals surface area (Å²) < 4.78 is 6.62. The highest BCUT2D eigenvalue weighted by Gasteiger charge is 2.19. The van der Waals surface area contributed by atoms with Crippen LogP contribution in [0.2, 0.25) is 0 Å². The van der Waals surface area contributed by atoms with Gasteiger partial charge in [-0.2, -0.15) is 4.52 Å². The number of nitrogens with one attached hydrogen (secondary N) is 1. The minimum absolute atomic E-state index is 0.410. The molecule has 0 aliphatic carbocycles. The maximum atomic E-state index is 11.6. The summed E-state index contributed by atoms with van der Waals surface area (Å²) in [7, 11) is 1.57. The number of ether oxygens (including phenoxy) is 1. The molecule has 0 fully saturated rings. The molecule has 0 spiro atoms. The lowest BCUT2D eigenvalue weighted by Crippen LogP contribution is -2.37. The van der Waals surface area contributed by atoms with Gasteiger partial charge in [-0.3, -0.25) is 4.79 Å². The van der Waals surface area contributed by atoms with Crippen LogP contribution in [-0.2, 0) is 9.53 Å². The fourth-order valence-electron chi connectivity index (χ4n) is 2.43. The summed E-state index contributed by atoms with van der Waals surface area (Å²) in [5, 5.41) is 8.30. The van der Waals surface area contributed by atoms with Gasteiger partial charge in [0.05, 0.1) is 5.52 Å². The Labute approximate surface area is 132 Å². The van der Waals surface area contributed by atoms with Crippen molar-refractivity contribution in [1.29, 1.82) is 0 Å². The first-order chi connectivity index (χ1) is 11.1. The van der Waals surface area contributed by atoms with E-state index in [9.17, 15) is 4.79 Å². The summed E-state index contributed by atoms with van der Waals surface area (Å²) in [4.78, 5) is 20.6. The Kier molecular flexibility index (Phi) is 4.07. The first-order valence-electron chi connectivity index (χ1n) is 7.27. The Hall–Kier alpha value is -2.74. The van der Waals surface area contributed by atoms with Crippen LogP contribution in [0, 0.1) is 6.92 Å². The van der Waals surface area contributed by atoms with Crippen LogP contribution in [0.25, 0.3) is 16.6 Å². The first-order valence-corrected chi connectivity index (χ1v) is 7.27. The van der Waals surface area contributed by atoms with E-state index in [1.165, 1.54) is 0 Å². The fourth-order valence-corrected chi connectivity index (χ4v) is 2.43. The van der Waals surface area contributed by atoms with Gasteiger partial charge in [-0.25, -0.2) is 9.97 Å². The number of hydrogen-bond acceptors (Lipinski definition) is 6. The molecule has 8 nitrogen and oxygen atoms in total. The number of hydrogen-bond donors (Lipinski definition) is 2. The van der Waals surface area contributed by atoms with Gasteiger partial charge in [0.1, 0.15) is 11.9 Å². The van der Waals surface area contributed by atoms with Crippen molar-refractivity contribution in [2.24, 2.45) is 5.73 Å². The molecule has 8 heteroatoms. The van der Waals surface area contributed by atoms with Crippen LogP contribution in [0.5, 0.6) is 0 Å². The number of nitrogens with zero attached hydrogens (tertiary/aromatic N) is 4. The Morgan fingerprint density at radius 3 is 2.91 bits per heavy atom. The molecule has 0 aliphatic heterocycles. The van der Waals surface area contributed by atoms with E-state index in [-0.39, 0.29) is 0 Å². The summed E-state index contributed by atoms with van der Waals surface area (Å²) in [6, 6.07) is 7.04. The smallest absolute Gasteiger partial charge is 0.240 e. The van der Waals surface area contributed by atoms with Crippen LogP contribution in [0.1, 0.15) is 12.2 Å². The Morgan fingerprint density at radius 2 is 2.17 bits per heavy atom. The molecule has 0 bridgehead atoms. The molecule has 0 saturated heterocycles. The molecule has 3 N–H and O–H groups in total. The van der Waals surface area contributed by atoms with E-state index in [2.05, 4.69) is 20.4 Å². The quantitative estimate of drug-likeness (QED) is 0.699. The highest BCUT2D eigenvalue weighted by Crippen LogP contribution is 2.21. The lowest BCUT2D eigenvalue weighted by Gasteiger charge is -2.16. The maximum absolute atomic E-state index is 11.6. The third kappa shape index (κ3) is 2.93. The van der Waals surface area contributed by atoms with E-state index in [0.29, 0.717) is 30.4 Å². The molecule has 120 valence electrons. The van der Waals surface area contributed by atoms with Gasteiger partial charge in [0, 0.05) is 19.1 Å². The second-order valence-corrected chi connectivity index (χ2v) is 5.23. The molecule has 1 amide bonds. The highest BCUT2D eigenvalue weighted by atomic mass is 16.5. The summed E-state index contributed by atoms with van der Waals surface area (Å²) in [5.41, 5.74) is 6.91. The molecule has 2 aromatic heterocycles. The second kappa shape index (κ2) is 6.17. The number of rotatable bonds is 6. The van der Waals surface area contributed by atoms with E-state index in [1.54, 1.807) is 11.6 Å². The maximum Gasteiger partial charge on any atom is 0.240 e. The zero-order chi connectivity index (χ0) is 16.4. The summed E-state index contributed by atoms with van der Waals surface area (Å²) in [6.45, 7) is 2.22. The van der Waals surface area contributed by atoms with Crippen molar-refractivity contribution in [2.45, 2.75) is 19.4 Å². The lowest BCUT2D eigenvalue weighted by atomic mass is 10.2. The van der Waals surface area contributed by atoms with Crippen molar-refractivity contribution in [2.75, 3.05) is 19.0 Å². The molecular weight excluding hydrogens is 296 g/mol. The van der Waals surface area contributed by atoms with E-state index >= 15 is 0 Å². The van der Waals surface area contributed by atoms with Gasteiger partial charge in [-0.1, -0.05) is 12.1 Å². The fraction of sp³-hybridized carbons (Fsp3) is 0.333. The molecule has 0 saturated carbocycles. The number of benzene rings is 1. The zero-order valence-electron chi connectivity index (χ0n) is 13.0. The number of aryl methyl sites for hydroxylation is 1.